The Bertz CT molecular complexity index is 1280. The van der Waals surface area contributed by atoms with Crippen molar-refractivity contribution in [1.29, 1.82) is 0 Å². The summed E-state index contributed by atoms with van der Waals surface area (Å²) in [4.78, 5) is 16.8. The minimum atomic E-state index is -3.26. The number of nitrogens with zero attached hydrogens (tertiary/aromatic N) is 3. The van der Waals surface area contributed by atoms with Crippen LogP contribution in [0.4, 0.5) is 5.82 Å². The second-order valence-electron chi connectivity index (χ2n) is 6.25. The zero-order chi connectivity index (χ0) is 19.9. The van der Waals surface area contributed by atoms with Crippen LogP contribution < -0.4 is 10.5 Å². The minimum absolute atomic E-state index is 0.238. The number of aromatic nitrogens is 4. The second kappa shape index (κ2) is 6.61. The number of anilines is 1. The monoisotopic (exact) mass is 395 g/mol. The number of sulfone groups is 1. The highest BCUT2D eigenvalue weighted by atomic mass is 32.2. The first kappa shape index (κ1) is 17.9. The van der Waals surface area contributed by atoms with Gasteiger partial charge in [0.15, 0.2) is 21.5 Å². The third-order valence-electron chi connectivity index (χ3n) is 4.29. The fraction of sp³-hybridized carbons (Fsp3) is 0.105. The molecule has 8 nitrogen and oxygen atoms in total. The molecule has 0 atom stereocenters. The molecule has 0 aliphatic rings. The zero-order valence-corrected chi connectivity index (χ0v) is 16.0. The van der Waals surface area contributed by atoms with Crippen LogP contribution in [0.2, 0.25) is 0 Å². The van der Waals surface area contributed by atoms with Crippen molar-refractivity contribution in [2.75, 3.05) is 19.1 Å². The Morgan fingerprint density at radius 3 is 2.50 bits per heavy atom. The molecule has 4 rings (SSSR count). The number of H-pyrrole nitrogens is 1. The quantitative estimate of drug-likeness (QED) is 0.544. The van der Waals surface area contributed by atoms with Gasteiger partial charge in [0.2, 0.25) is 0 Å². The summed E-state index contributed by atoms with van der Waals surface area (Å²) in [6, 6.07) is 11.9. The van der Waals surface area contributed by atoms with E-state index in [-0.39, 0.29) is 10.7 Å². The Balaban J connectivity index is 1.77. The van der Waals surface area contributed by atoms with E-state index >= 15 is 0 Å². The van der Waals surface area contributed by atoms with Crippen molar-refractivity contribution in [2.24, 2.45) is 0 Å². The van der Waals surface area contributed by atoms with Crippen LogP contribution in [-0.2, 0) is 9.84 Å². The number of aromatic amines is 1. The van der Waals surface area contributed by atoms with E-state index in [0.29, 0.717) is 23.0 Å². The van der Waals surface area contributed by atoms with Crippen LogP contribution in [-0.4, -0.2) is 41.7 Å². The van der Waals surface area contributed by atoms with E-state index in [0.717, 1.165) is 16.6 Å². The molecule has 0 saturated heterocycles. The molecule has 4 aromatic rings. The lowest BCUT2D eigenvalue weighted by Crippen LogP contribution is -2.00. The van der Waals surface area contributed by atoms with E-state index in [9.17, 15) is 8.42 Å². The van der Waals surface area contributed by atoms with Crippen molar-refractivity contribution in [3.63, 3.8) is 0 Å². The number of methoxy groups -OCH3 is 1. The molecule has 3 N–H and O–H groups in total. The molecule has 142 valence electrons. The smallest absolute Gasteiger partial charge is 0.175 e. The lowest BCUT2D eigenvalue weighted by atomic mass is 10.1. The van der Waals surface area contributed by atoms with Crippen LogP contribution in [0, 0.1) is 0 Å². The second-order valence-corrected chi connectivity index (χ2v) is 8.27. The van der Waals surface area contributed by atoms with Gasteiger partial charge in [-0.3, -0.25) is 0 Å². The first-order valence-electron chi connectivity index (χ1n) is 8.32. The van der Waals surface area contributed by atoms with Gasteiger partial charge in [0.25, 0.3) is 0 Å². The molecule has 9 heteroatoms. The first-order chi connectivity index (χ1) is 13.3. The van der Waals surface area contributed by atoms with E-state index in [4.69, 9.17) is 10.5 Å². The summed E-state index contributed by atoms with van der Waals surface area (Å²) in [5.74, 6) is 1.44. The average Bonchev–Trinajstić information content (AvgIpc) is 3.10. The number of nitrogens with two attached hydrogens (primary N) is 1. The van der Waals surface area contributed by atoms with Crippen molar-refractivity contribution in [3.8, 4) is 28.5 Å². The summed E-state index contributed by atoms with van der Waals surface area (Å²) in [5.41, 5.74) is 9.26. The third-order valence-corrected chi connectivity index (χ3v) is 5.42. The molecule has 0 radical (unpaired) electrons. The zero-order valence-electron chi connectivity index (χ0n) is 15.2. The van der Waals surface area contributed by atoms with Gasteiger partial charge in [0, 0.05) is 17.9 Å². The lowest BCUT2D eigenvalue weighted by molar-refractivity contribution is 0.415. The molecular formula is C19H17N5O3S. The highest BCUT2D eigenvalue weighted by Gasteiger charge is 2.14. The predicted octanol–water partition coefficient (Wildman–Crippen LogP) is 2.68. The summed E-state index contributed by atoms with van der Waals surface area (Å²) in [7, 11) is -1.66. The van der Waals surface area contributed by atoms with E-state index in [2.05, 4.69) is 19.9 Å². The first-order valence-corrected chi connectivity index (χ1v) is 10.2. The number of rotatable bonds is 4. The van der Waals surface area contributed by atoms with Crippen molar-refractivity contribution in [1.82, 2.24) is 19.9 Å². The van der Waals surface area contributed by atoms with Gasteiger partial charge < -0.3 is 15.5 Å². The number of hydrogen-bond acceptors (Lipinski definition) is 7. The summed E-state index contributed by atoms with van der Waals surface area (Å²) < 4.78 is 28.5. The number of benzene rings is 2. The molecule has 2 aromatic carbocycles. The summed E-state index contributed by atoms with van der Waals surface area (Å²) in [6.07, 6.45) is 2.71. The lowest BCUT2D eigenvalue weighted by Gasteiger charge is -2.06. The number of nitrogen functional groups attached to an aromatic ring is 1. The van der Waals surface area contributed by atoms with Crippen LogP contribution in [0.1, 0.15) is 0 Å². The van der Waals surface area contributed by atoms with E-state index in [1.165, 1.54) is 18.4 Å². The maximum absolute atomic E-state index is 11.6. The van der Waals surface area contributed by atoms with E-state index < -0.39 is 9.84 Å². The number of nitrogens with one attached hydrogen (secondary N) is 1. The third kappa shape index (κ3) is 3.27. The van der Waals surface area contributed by atoms with Crippen LogP contribution >= 0.6 is 0 Å². The van der Waals surface area contributed by atoms with Crippen LogP contribution in [0.3, 0.4) is 0 Å². The molecular weight excluding hydrogens is 378 g/mol. The standard InChI is InChI=1S/C19H17N5O3S/c1-27-12-5-8-14-15(9-12)24-19(23-14)17-18(20)21-10-16(22-17)11-3-6-13(7-4-11)28(2,25)26/h3-10H,1-2H3,(H2,20,21)(H,23,24). The highest BCUT2D eigenvalue weighted by Crippen LogP contribution is 2.27. The summed E-state index contributed by atoms with van der Waals surface area (Å²) in [5, 5.41) is 0. The van der Waals surface area contributed by atoms with Crippen molar-refractivity contribution in [3.05, 3.63) is 48.7 Å². The number of fused-ring (bicyclic) bond motifs is 1. The topological polar surface area (TPSA) is 124 Å². The number of ether oxygens (including phenoxy) is 1. The van der Waals surface area contributed by atoms with Crippen LogP contribution in [0.15, 0.2) is 53.6 Å². The Labute approximate surface area is 161 Å². The largest absolute Gasteiger partial charge is 0.497 e. The molecule has 0 aliphatic heterocycles. The molecule has 0 aliphatic carbocycles. The fourth-order valence-corrected chi connectivity index (χ4v) is 3.44. The maximum Gasteiger partial charge on any atom is 0.175 e. The van der Waals surface area contributed by atoms with Gasteiger partial charge in [-0.2, -0.15) is 0 Å². The van der Waals surface area contributed by atoms with E-state index in [1.807, 2.05) is 18.2 Å². The van der Waals surface area contributed by atoms with E-state index in [1.54, 1.807) is 25.4 Å². The van der Waals surface area contributed by atoms with Crippen molar-refractivity contribution < 1.29 is 13.2 Å². The predicted molar refractivity (Wildman–Crippen MR) is 107 cm³/mol. The van der Waals surface area contributed by atoms with Gasteiger partial charge in [-0.25, -0.2) is 23.4 Å². The Morgan fingerprint density at radius 1 is 1.07 bits per heavy atom. The van der Waals surface area contributed by atoms with Gasteiger partial charge >= 0.3 is 0 Å². The molecule has 2 heterocycles. The van der Waals surface area contributed by atoms with Crippen LogP contribution in [0.5, 0.6) is 5.75 Å². The minimum Gasteiger partial charge on any atom is -0.497 e. The molecule has 0 fully saturated rings. The number of imidazole rings is 1. The highest BCUT2D eigenvalue weighted by molar-refractivity contribution is 7.90. The van der Waals surface area contributed by atoms with Gasteiger partial charge in [0.1, 0.15) is 11.4 Å². The Hall–Kier alpha value is -3.46. The fourth-order valence-electron chi connectivity index (χ4n) is 2.81. The van der Waals surface area contributed by atoms with Gasteiger partial charge in [0.05, 0.1) is 34.9 Å². The average molecular weight is 395 g/mol. The van der Waals surface area contributed by atoms with Crippen molar-refractivity contribution in [2.45, 2.75) is 4.90 Å². The Kier molecular flexibility index (Phi) is 4.23. The van der Waals surface area contributed by atoms with Crippen molar-refractivity contribution >= 4 is 26.7 Å². The normalized spacial score (nSPS) is 11.6. The van der Waals surface area contributed by atoms with Gasteiger partial charge in [-0.15, -0.1) is 0 Å². The number of hydrogen-bond donors (Lipinski definition) is 2. The molecule has 0 spiro atoms. The Morgan fingerprint density at radius 2 is 1.82 bits per heavy atom. The molecule has 0 amide bonds. The van der Waals surface area contributed by atoms with Gasteiger partial charge in [-0.1, -0.05) is 12.1 Å². The molecule has 0 unspecified atom stereocenters. The molecule has 0 bridgehead atoms. The molecule has 28 heavy (non-hydrogen) atoms. The summed E-state index contributed by atoms with van der Waals surface area (Å²) in [6.45, 7) is 0. The maximum atomic E-state index is 11.6. The van der Waals surface area contributed by atoms with Crippen LogP contribution in [0.25, 0.3) is 33.8 Å². The molecule has 0 saturated carbocycles. The van der Waals surface area contributed by atoms with Gasteiger partial charge in [-0.05, 0) is 24.3 Å². The SMILES string of the molecule is COc1ccc2nc(-c3nc(-c4ccc(S(C)(=O)=O)cc4)cnc3N)[nH]c2c1. The molecule has 2 aromatic heterocycles. The summed E-state index contributed by atoms with van der Waals surface area (Å²) >= 11 is 0.